The second-order valence-electron chi connectivity index (χ2n) is 9.20. The fourth-order valence-corrected chi connectivity index (χ4v) is 4.83. The van der Waals surface area contributed by atoms with Crippen molar-refractivity contribution in [2.24, 2.45) is 0 Å². The minimum Gasteiger partial charge on any atom is -0.489 e. The van der Waals surface area contributed by atoms with Gasteiger partial charge in [0.25, 0.3) is 5.91 Å². The van der Waals surface area contributed by atoms with Gasteiger partial charge in [-0.15, -0.1) is 0 Å². The Morgan fingerprint density at radius 1 is 0.892 bits per heavy atom. The number of hydrogen-bond donors (Lipinski definition) is 1. The average molecular weight is 551 g/mol. The lowest BCUT2D eigenvalue weighted by atomic mass is 9.94. The van der Waals surface area contributed by atoms with Crippen LogP contribution in [-0.4, -0.2) is 10.9 Å². The first-order chi connectivity index (χ1) is 17.9. The third-order valence-corrected chi connectivity index (χ3v) is 6.90. The second kappa shape index (κ2) is 10.6. The number of aryl methyl sites for hydroxylation is 2. The summed E-state index contributed by atoms with van der Waals surface area (Å²) >= 11 is 3.45. The Labute approximate surface area is 225 Å². The summed E-state index contributed by atoms with van der Waals surface area (Å²) in [5, 5.41) is 3.93. The van der Waals surface area contributed by atoms with E-state index in [0.717, 1.165) is 60.3 Å². The molecule has 0 aliphatic rings. The molecule has 184 valence electrons. The summed E-state index contributed by atoms with van der Waals surface area (Å²) in [4.78, 5) is 18.7. The number of amides is 1. The molecule has 5 aromatic rings. The van der Waals surface area contributed by atoms with E-state index in [2.05, 4.69) is 27.3 Å². The van der Waals surface area contributed by atoms with Crippen molar-refractivity contribution in [3.63, 3.8) is 0 Å². The normalized spacial score (nSPS) is 10.9. The Hall–Kier alpha value is -3.96. The van der Waals surface area contributed by atoms with Crippen molar-refractivity contribution in [1.82, 2.24) is 4.98 Å². The molecule has 1 amide bonds. The Kier molecular flexibility index (Phi) is 7.06. The van der Waals surface area contributed by atoms with Gasteiger partial charge in [0.15, 0.2) is 0 Å². The number of carbonyl (C=O) groups is 1. The summed E-state index contributed by atoms with van der Waals surface area (Å²) in [6, 6.07) is 29.7. The Balaban J connectivity index is 1.53. The van der Waals surface area contributed by atoms with Gasteiger partial charge in [0, 0.05) is 21.1 Å². The van der Waals surface area contributed by atoms with E-state index in [9.17, 15) is 4.79 Å². The molecule has 1 heterocycles. The largest absolute Gasteiger partial charge is 0.489 e. The third kappa shape index (κ3) is 5.42. The zero-order chi connectivity index (χ0) is 25.9. The maximum Gasteiger partial charge on any atom is 0.256 e. The molecule has 5 heteroatoms. The number of nitrogens with zero attached hydrogens (tertiary/aromatic N) is 1. The van der Waals surface area contributed by atoms with Gasteiger partial charge in [-0.05, 0) is 92.1 Å². The topological polar surface area (TPSA) is 51.2 Å². The zero-order valence-electron chi connectivity index (χ0n) is 21.0. The summed E-state index contributed by atoms with van der Waals surface area (Å²) in [6.07, 6.45) is 0. The number of aromatic nitrogens is 1. The van der Waals surface area contributed by atoms with Gasteiger partial charge in [-0.1, -0.05) is 57.9 Å². The number of benzene rings is 4. The molecule has 0 aliphatic heterocycles. The molecule has 0 radical (unpaired) electrons. The van der Waals surface area contributed by atoms with E-state index < -0.39 is 0 Å². The summed E-state index contributed by atoms with van der Waals surface area (Å²) in [7, 11) is 0. The minimum atomic E-state index is -0.152. The Morgan fingerprint density at radius 3 is 2.30 bits per heavy atom. The maximum absolute atomic E-state index is 13.6. The number of ether oxygens (including phenoxy) is 1. The number of hydrogen-bond acceptors (Lipinski definition) is 3. The number of nitrogens with one attached hydrogen (secondary N) is 1. The van der Waals surface area contributed by atoms with Crippen molar-refractivity contribution in [2.75, 3.05) is 5.32 Å². The number of halogens is 1. The van der Waals surface area contributed by atoms with E-state index in [1.54, 1.807) is 0 Å². The van der Waals surface area contributed by atoms with Crippen molar-refractivity contribution in [3.05, 3.63) is 123 Å². The molecule has 37 heavy (non-hydrogen) atoms. The highest BCUT2D eigenvalue weighted by Crippen LogP contribution is 2.33. The predicted molar refractivity (Wildman–Crippen MR) is 154 cm³/mol. The van der Waals surface area contributed by atoms with Crippen LogP contribution in [0, 0.1) is 20.8 Å². The highest BCUT2D eigenvalue weighted by molar-refractivity contribution is 9.10. The molecule has 1 N–H and O–H groups in total. The van der Waals surface area contributed by atoms with Gasteiger partial charge in [-0.25, -0.2) is 4.98 Å². The van der Waals surface area contributed by atoms with Gasteiger partial charge >= 0.3 is 0 Å². The van der Waals surface area contributed by atoms with Crippen LogP contribution in [0.4, 0.5) is 5.69 Å². The number of pyridine rings is 1. The summed E-state index contributed by atoms with van der Waals surface area (Å²) in [6.45, 7) is 6.56. The van der Waals surface area contributed by atoms with Crippen molar-refractivity contribution in [2.45, 2.75) is 27.4 Å². The fourth-order valence-electron chi connectivity index (χ4n) is 4.57. The van der Waals surface area contributed by atoms with Gasteiger partial charge in [0.05, 0.1) is 16.8 Å². The first kappa shape index (κ1) is 24.7. The second-order valence-corrected chi connectivity index (χ2v) is 10.1. The van der Waals surface area contributed by atoms with E-state index in [-0.39, 0.29) is 5.91 Å². The lowest BCUT2D eigenvalue weighted by molar-refractivity contribution is 0.102. The van der Waals surface area contributed by atoms with Crippen LogP contribution in [0.1, 0.15) is 32.6 Å². The molecule has 5 rings (SSSR count). The van der Waals surface area contributed by atoms with Gasteiger partial charge < -0.3 is 10.1 Å². The van der Waals surface area contributed by atoms with Crippen molar-refractivity contribution >= 4 is 38.4 Å². The van der Waals surface area contributed by atoms with E-state index in [0.29, 0.717) is 12.2 Å². The van der Waals surface area contributed by atoms with Gasteiger partial charge in [-0.2, -0.15) is 0 Å². The highest BCUT2D eigenvalue weighted by atomic mass is 79.9. The number of rotatable bonds is 6. The molecule has 0 saturated carbocycles. The van der Waals surface area contributed by atoms with E-state index >= 15 is 0 Å². The van der Waals surface area contributed by atoms with Gasteiger partial charge in [-0.3, -0.25) is 4.79 Å². The van der Waals surface area contributed by atoms with Crippen LogP contribution in [0.5, 0.6) is 5.75 Å². The van der Waals surface area contributed by atoms with Crippen LogP contribution in [0.25, 0.3) is 22.2 Å². The van der Waals surface area contributed by atoms with Gasteiger partial charge in [0.1, 0.15) is 12.4 Å². The molecule has 4 nitrogen and oxygen atoms in total. The minimum absolute atomic E-state index is 0.152. The monoisotopic (exact) mass is 550 g/mol. The summed E-state index contributed by atoms with van der Waals surface area (Å²) in [5.74, 6) is 0.632. The predicted octanol–water partition coefficient (Wildman–Crippen LogP) is 8.42. The Bertz CT molecular complexity index is 1580. The molecular weight excluding hydrogens is 524 g/mol. The lowest BCUT2D eigenvalue weighted by Gasteiger charge is -2.17. The first-order valence-corrected chi connectivity index (χ1v) is 12.9. The van der Waals surface area contributed by atoms with Crippen LogP contribution in [0.2, 0.25) is 0 Å². The molecule has 0 fully saturated rings. The molecule has 0 spiro atoms. The quantitative estimate of drug-likeness (QED) is 0.231. The molecule has 4 aromatic carbocycles. The van der Waals surface area contributed by atoms with Crippen LogP contribution in [0.15, 0.2) is 95.5 Å². The zero-order valence-corrected chi connectivity index (χ0v) is 22.6. The summed E-state index contributed by atoms with van der Waals surface area (Å²) in [5.41, 5.74) is 8.02. The molecule has 0 unspecified atom stereocenters. The maximum atomic E-state index is 13.6. The van der Waals surface area contributed by atoms with Crippen molar-refractivity contribution in [3.8, 4) is 17.0 Å². The number of anilines is 1. The van der Waals surface area contributed by atoms with E-state index in [1.165, 1.54) is 0 Å². The van der Waals surface area contributed by atoms with E-state index in [1.807, 2.05) is 106 Å². The molecule has 1 aromatic heterocycles. The van der Waals surface area contributed by atoms with Crippen molar-refractivity contribution in [1.29, 1.82) is 0 Å². The number of fused-ring (bicyclic) bond motifs is 1. The van der Waals surface area contributed by atoms with Gasteiger partial charge in [0.2, 0.25) is 0 Å². The fraction of sp³-hybridized carbons (Fsp3) is 0.125. The first-order valence-electron chi connectivity index (χ1n) is 12.1. The highest BCUT2D eigenvalue weighted by Gasteiger charge is 2.20. The Morgan fingerprint density at radius 2 is 1.59 bits per heavy atom. The average Bonchev–Trinajstić information content (AvgIpc) is 2.89. The summed E-state index contributed by atoms with van der Waals surface area (Å²) < 4.78 is 6.92. The van der Waals surface area contributed by atoms with E-state index in [4.69, 9.17) is 9.72 Å². The molecule has 0 saturated heterocycles. The van der Waals surface area contributed by atoms with Crippen LogP contribution in [-0.2, 0) is 6.61 Å². The lowest BCUT2D eigenvalue weighted by Crippen LogP contribution is -2.15. The molecule has 0 atom stereocenters. The van der Waals surface area contributed by atoms with Crippen LogP contribution < -0.4 is 10.1 Å². The molecule has 0 bridgehead atoms. The standard InChI is InChI=1S/C32H27BrN2O2/c1-20-17-21(2)30-28(18-20)29(32(36)34-26-13-11-25(33)12-14-26)22(3)31(35-30)24-9-15-27(16-10-24)37-19-23-7-5-4-6-8-23/h4-18H,19H2,1-3H3,(H,34,36). The van der Waals surface area contributed by atoms with Crippen LogP contribution in [0.3, 0.4) is 0 Å². The molecular formula is C32H27BrN2O2. The van der Waals surface area contributed by atoms with Crippen LogP contribution >= 0.6 is 15.9 Å². The number of carbonyl (C=O) groups excluding carboxylic acids is 1. The smallest absolute Gasteiger partial charge is 0.256 e. The third-order valence-electron chi connectivity index (χ3n) is 6.37. The van der Waals surface area contributed by atoms with Crippen molar-refractivity contribution < 1.29 is 9.53 Å². The SMILES string of the molecule is Cc1cc(C)c2nc(-c3ccc(OCc4ccccc4)cc3)c(C)c(C(=O)Nc3ccc(Br)cc3)c2c1. The molecule has 0 aliphatic carbocycles.